The second kappa shape index (κ2) is 9.41. The number of benzene rings is 2. The van der Waals surface area contributed by atoms with E-state index >= 15 is 0 Å². The molecule has 0 atom stereocenters. The fraction of sp³-hybridized carbons (Fsp3) is 0.333. The van der Waals surface area contributed by atoms with E-state index < -0.39 is 0 Å². The number of H-pyrrole nitrogens is 1. The lowest BCUT2D eigenvalue weighted by atomic mass is 10.0. The molecule has 0 unspecified atom stereocenters. The number of nitrogens with zero attached hydrogens (tertiary/aromatic N) is 1. The van der Waals surface area contributed by atoms with Crippen LogP contribution in [0.2, 0.25) is 0 Å². The summed E-state index contributed by atoms with van der Waals surface area (Å²) in [5, 5.41) is 5.02. The van der Waals surface area contributed by atoms with Crippen molar-refractivity contribution in [2.24, 2.45) is 0 Å². The van der Waals surface area contributed by atoms with Crippen LogP contribution in [-0.2, 0) is 6.54 Å². The Morgan fingerprint density at radius 2 is 1.77 bits per heavy atom. The van der Waals surface area contributed by atoms with Crippen molar-refractivity contribution in [2.45, 2.75) is 27.3 Å². The molecular weight excluding hydrogens is 392 g/mol. The maximum absolute atomic E-state index is 12.8. The summed E-state index contributed by atoms with van der Waals surface area (Å²) in [5.74, 6) is 0. The van der Waals surface area contributed by atoms with Crippen LogP contribution in [0.5, 0.6) is 0 Å². The third-order valence-electron chi connectivity index (χ3n) is 5.22. The molecule has 0 saturated heterocycles. The lowest BCUT2D eigenvalue weighted by Crippen LogP contribution is -3.06. The summed E-state index contributed by atoms with van der Waals surface area (Å²) in [6, 6.07) is 14.3. The highest BCUT2D eigenvalue weighted by Gasteiger charge is 2.15. The van der Waals surface area contributed by atoms with Gasteiger partial charge < -0.3 is 20.1 Å². The van der Waals surface area contributed by atoms with Crippen LogP contribution in [0.25, 0.3) is 10.9 Å². The molecule has 6 heteroatoms. The first-order valence-corrected chi connectivity index (χ1v) is 10.7. The molecule has 1 heterocycles. The summed E-state index contributed by atoms with van der Waals surface area (Å²) in [7, 11) is 4.23. The van der Waals surface area contributed by atoms with Gasteiger partial charge in [0, 0.05) is 22.2 Å². The van der Waals surface area contributed by atoms with E-state index in [1.165, 1.54) is 10.5 Å². The highest BCUT2D eigenvalue weighted by molar-refractivity contribution is 7.80. The number of rotatable bonds is 6. The number of nitrogens with one attached hydrogen (secondary N) is 3. The fourth-order valence-electron chi connectivity index (χ4n) is 3.49. The standard InChI is InChI=1S/C24H30N4OS/c1-16-6-8-20(9-7-16)25-24(30)28(11-10-27(4)5)15-19-14-21-18(3)12-17(2)13-22(21)26-23(19)29/h6-9,12-14H,10-11,15H2,1-5H3,(H,25,30)(H,26,29)/p+1. The Bertz CT molecular complexity index is 1100. The molecule has 2 aromatic carbocycles. The third-order valence-corrected chi connectivity index (χ3v) is 5.58. The van der Waals surface area contributed by atoms with E-state index in [2.05, 4.69) is 61.3 Å². The Kier molecular flexibility index (Phi) is 6.90. The molecule has 0 aliphatic rings. The maximum Gasteiger partial charge on any atom is 0.253 e. The number of hydrogen-bond acceptors (Lipinski definition) is 2. The first kappa shape index (κ1) is 22.0. The van der Waals surface area contributed by atoms with E-state index in [1.807, 2.05) is 31.2 Å². The summed E-state index contributed by atoms with van der Waals surface area (Å²) in [6.45, 7) is 8.31. The molecule has 0 amide bonds. The number of thiocarbonyl (C=S) groups is 1. The zero-order chi connectivity index (χ0) is 21.8. The van der Waals surface area contributed by atoms with E-state index in [1.54, 1.807) is 0 Å². The number of aromatic amines is 1. The van der Waals surface area contributed by atoms with Crippen LogP contribution in [0, 0.1) is 20.8 Å². The van der Waals surface area contributed by atoms with Gasteiger partial charge in [-0.25, -0.2) is 0 Å². The van der Waals surface area contributed by atoms with Gasteiger partial charge in [-0.1, -0.05) is 23.8 Å². The van der Waals surface area contributed by atoms with Crippen LogP contribution in [0.4, 0.5) is 5.69 Å². The minimum Gasteiger partial charge on any atom is -0.339 e. The van der Waals surface area contributed by atoms with Crippen LogP contribution in [-0.4, -0.2) is 42.2 Å². The van der Waals surface area contributed by atoms with Gasteiger partial charge in [0.1, 0.15) is 0 Å². The SMILES string of the molecule is Cc1ccc(NC(=S)N(CC[NH+](C)C)Cc2cc3c(C)cc(C)cc3[nH]c2=O)cc1. The molecule has 0 bridgehead atoms. The number of pyridine rings is 1. The maximum atomic E-state index is 12.8. The van der Waals surface area contributed by atoms with Gasteiger partial charge in [0.25, 0.3) is 5.56 Å². The largest absolute Gasteiger partial charge is 0.339 e. The van der Waals surface area contributed by atoms with E-state index in [0.29, 0.717) is 11.7 Å². The van der Waals surface area contributed by atoms with Crippen LogP contribution < -0.4 is 15.8 Å². The molecule has 5 nitrogen and oxygen atoms in total. The van der Waals surface area contributed by atoms with E-state index in [4.69, 9.17) is 12.2 Å². The molecule has 158 valence electrons. The van der Waals surface area contributed by atoms with Crippen molar-refractivity contribution in [1.29, 1.82) is 0 Å². The second-order valence-corrected chi connectivity index (χ2v) is 8.73. The molecule has 30 heavy (non-hydrogen) atoms. The van der Waals surface area contributed by atoms with Crippen molar-refractivity contribution in [3.8, 4) is 0 Å². The van der Waals surface area contributed by atoms with E-state index in [9.17, 15) is 4.79 Å². The molecule has 3 rings (SSSR count). The summed E-state index contributed by atoms with van der Waals surface area (Å²) < 4.78 is 0. The number of anilines is 1. The topological polar surface area (TPSA) is 52.6 Å². The molecule has 0 aliphatic carbocycles. The Morgan fingerprint density at radius 1 is 1.07 bits per heavy atom. The number of fused-ring (bicyclic) bond motifs is 1. The second-order valence-electron chi connectivity index (χ2n) is 8.34. The number of hydrogen-bond donors (Lipinski definition) is 3. The van der Waals surface area contributed by atoms with Crippen molar-refractivity contribution in [2.75, 3.05) is 32.5 Å². The highest BCUT2D eigenvalue weighted by Crippen LogP contribution is 2.19. The van der Waals surface area contributed by atoms with Crippen LogP contribution in [0.15, 0.2) is 47.3 Å². The Hall–Kier alpha value is -2.70. The summed E-state index contributed by atoms with van der Waals surface area (Å²) in [5.41, 5.74) is 5.99. The molecule has 0 saturated carbocycles. The lowest BCUT2D eigenvalue weighted by molar-refractivity contribution is -0.857. The minimum atomic E-state index is -0.0622. The van der Waals surface area contributed by atoms with Gasteiger partial charge in [-0.05, 0) is 68.4 Å². The van der Waals surface area contributed by atoms with Crippen molar-refractivity contribution in [3.05, 3.63) is 75.1 Å². The highest BCUT2D eigenvalue weighted by atomic mass is 32.1. The Morgan fingerprint density at radius 3 is 2.43 bits per heavy atom. The molecule has 0 radical (unpaired) electrons. The molecule has 0 fully saturated rings. The zero-order valence-corrected chi connectivity index (χ0v) is 19.2. The Balaban J connectivity index is 1.88. The van der Waals surface area contributed by atoms with Gasteiger partial charge in [-0.3, -0.25) is 4.79 Å². The average molecular weight is 424 g/mol. The predicted molar refractivity (Wildman–Crippen MR) is 130 cm³/mol. The Labute approximate surface area is 183 Å². The van der Waals surface area contributed by atoms with Gasteiger partial charge in [-0.15, -0.1) is 0 Å². The third kappa shape index (κ3) is 5.46. The van der Waals surface area contributed by atoms with Gasteiger partial charge >= 0.3 is 0 Å². The average Bonchev–Trinajstić information content (AvgIpc) is 2.67. The summed E-state index contributed by atoms with van der Waals surface area (Å²) >= 11 is 5.72. The predicted octanol–water partition coefficient (Wildman–Crippen LogP) is 2.80. The number of likely N-dealkylation sites (N-methyl/N-ethyl adjacent to an activating group) is 1. The first-order valence-electron chi connectivity index (χ1n) is 10.3. The number of aromatic nitrogens is 1. The molecular formula is C24H31N4OS+. The first-order chi connectivity index (χ1) is 14.2. The van der Waals surface area contributed by atoms with Crippen LogP contribution in [0.3, 0.4) is 0 Å². The van der Waals surface area contributed by atoms with Gasteiger partial charge in [0.15, 0.2) is 5.11 Å². The van der Waals surface area contributed by atoms with Crippen molar-refractivity contribution >= 4 is 33.9 Å². The number of quaternary nitrogens is 1. The molecule has 0 spiro atoms. The van der Waals surface area contributed by atoms with Crippen molar-refractivity contribution in [1.82, 2.24) is 9.88 Å². The molecule has 0 aliphatic heterocycles. The van der Waals surface area contributed by atoms with Crippen molar-refractivity contribution in [3.63, 3.8) is 0 Å². The lowest BCUT2D eigenvalue weighted by Gasteiger charge is -2.26. The smallest absolute Gasteiger partial charge is 0.253 e. The van der Waals surface area contributed by atoms with Gasteiger partial charge in [-0.2, -0.15) is 0 Å². The van der Waals surface area contributed by atoms with Gasteiger partial charge in [0.2, 0.25) is 0 Å². The zero-order valence-electron chi connectivity index (χ0n) is 18.4. The normalized spacial score (nSPS) is 11.1. The number of aryl methyl sites for hydroxylation is 3. The van der Waals surface area contributed by atoms with E-state index in [-0.39, 0.29) is 5.56 Å². The quantitative estimate of drug-likeness (QED) is 0.534. The fourth-order valence-corrected chi connectivity index (χ4v) is 3.76. The van der Waals surface area contributed by atoms with Gasteiger partial charge in [0.05, 0.1) is 33.7 Å². The molecule has 3 N–H and O–H groups in total. The molecule has 3 aromatic rings. The summed E-state index contributed by atoms with van der Waals surface area (Å²) in [6.07, 6.45) is 0. The molecule has 1 aromatic heterocycles. The monoisotopic (exact) mass is 423 g/mol. The minimum absolute atomic E-state index is 0.0622. The van der Waals surface area contributed by atoms with Crippen molar-refractivity contribution < 1.29 is 4.90 Å². The van der Waals surface area contributed by atoms with Crippen LogP contribution in [0.1, 0.15) is 22.3 Å². The van der Waals surface area contributed by atoms with E-state index in [0.717, 1.165) is 46.4 Å². The van der Waals surface area contributed by atoms with Crippen LogP contribution >= 0.6 is 12.2 Å². The summed E-state index contributed by atoms with van der Waals surface area (Å²) in [4.78, 5) is 19.3.